The molecular weight excluding hydrogens is 378 g/mol. The number of piperazine rings is 1. The van der Waals surface area contributed by atoms with Gasteiger partial charge < -0.3 is 4.90 Å². The minimum Gasteiger partial charge on any atom is -0.369 e. The molecule has 1 aromatic carbocycles. The molecule has 0 atom stereocenters. The van der Waals surface area contributed by atoms with Gasteiger partial charge in [0.15, 0.2) is 0 Å². The van der Waals surface area contributed by atoms with Crippen molar-refractivity contribution in [2.24, 2.45) is 11.3 Å². The first-order valence-electron chi connectivity index (χ1n) is 11.4. The molecule has 1 aliphatic carbocycles. The molecule has 1 saturated carbocycles. The maximum absolute atomic E-state index is 9.82. The second-order valence-corrected chi connectivity index (χ2v) is 9.95. The fourth-order valence-corrected chi connectivity index (χ4v) is 5.20. The van der Waals surface area contributed by atoms with Gasteiger partial charge in [-0.1, -0.05) is 40.2 Å². The molecule has 0 aromatic heterocycles. The summed E-state index contributed by atoms with van der Waals surface area (Å²) in [6.45, 7) is 15.1. The molecule has 29 heavy (non-hydrogen) atoms. The van der Waals surface area contributed by atoms with Crippen molar-refractivity contribution in [3.8, 4) is 6.07 Å². The third kappa shape index (κ3) is 5.89. The van der Waals surface area contributed by atoms with E-state index in [2.05, 4.69) is 55.7 Å². The Hall–Kier alpha value is -1.24. The fourth-order valence-electron chi connectivity index (χ4n) is 5.20. The Morgan fingerprint density at radius 1 is 1.03 bits per heavy atom. The highest BCUT2D eigenvalue weighted by molar-refractivity contribution is 5.85. The number of rotatable bonds is 5. The lowest BCUT2D eigenvalue weighted by atomic mass is 9.68. The molecule has 0 bridgehead atoms. The monoisotopic (exact) mass is 417 g/mol. The van der Waals surface area contributed by atoms with Gasteiger partial charge in [0.05, 0.1) is 11.6 Å². The first-order valence-corrected chi connectivity index (χ1v) is 11.4. The van der Waals surface area contributed by atoms with E-state index in [9.17, 15) is 5.26 Å². The van der Waals surface area contributed by atoms with Crippen LogP contribution in [-0.2, 0) is 0 Å². The van der Waals surface area contributed by atoms with E-state index in [1.54, 1.807) is 0 Å². The Balaban J connectivity index is 0.00000300. The number of anilines is 1. The van der Waals surface area contributed by atoms with Crippen LogP contribution in [0.5, 0.6) is 0 Å². The Bertz CT molecular complexity index is 672. The smallest absolute Gasteiger partial charge is 0.0995 e. The predicted octanol–water partition coefficient (Wildman–Crippen LogP) is 6.22. The maximum Gasteiger partial charge on any atom is 0.0995 e. The topological polar surface area (TPSA) is 30.3 Å². The summed E-state index contributed by atoms with van der Waals surface area (Å²) in [6, 6.07) is 8.90. The number of unbranched alkanes of at least 4 members (excludes halogenated alkanes) is 1. The number of hydrogen-bond acceptors (Lipinski definition) is 3. The second kappa shape index (κ2) is 10.7. The molecule has 3 rings (SSSR count). The van der Waals surface area contributed by atoms with Crippen molar-refractivity contribution in [3.63, 3.8) is 0 Å². The van der Waals surface area contributed by atoms with Gasteiger partial charge in [-0.05, 0) is 73.6 Å². The third-order valence-corrected chi connectivity index (χ3v) is 7.10. The molecule has 0 amide bonds. The highest BCUT2D eigenvalue weighted by atomic mass is 35.5. The third-order valence-electron chi connectivity index (χ3n) is 7.10. The molecule has 1 heterocycles. The Labute approximate surface area is 184 Å². The van der Waals surface area contributed by atoms with Crippen LogP contribution < -0.4 is 4.90 Å². The molecule has 4 heteroatoms. The largest absolute Gasteiger partial charge is 0.369 e. The van der Waals surface area contributed by atoms with E-state index in [1.807, 2.05) is 6.07 Å². The summed E-state index contributed by atoms with van der Waals surface area (Å²) in [5.41, 5.74) is 4.00. The van der Waals surface area contributed by atoms with E-state index < -0.39 is 0 Å². The summed E-state index contributed by atoms with van der Waals surface area (Å²) in [5, 5.41) is 9.82. The van der Waals surface area contributed by atoms with Crippen LogP contribution in [0, 0.1) is 22.7 Å². The fraction of sp³-hybridized carbons (Fsp3) is 0.720. The van der Waals surface area contributed by atoms with Crippen LogP contribution in [-0.4, -0.2) is 37.6 Å². The summed E-state index contributed by atoms with van der Waals surface area (Å²) in [6.07, 6.45) is 7.60. The first kappa shape index (κ1) is 24.0. The highest BCUT2D eigenvalue weighted by Gasteiger charge is 2.33. The van der Waals surface area contributed by atoms with Gasteiger partial charge in [0, 0.05) is 31.9 Å². The van der Waals surface area contributed by atoms with Crippen molar-refractivity contribution in [3.05, 3.63) is 29.3 Å². The molecule has 2 fully saturated rings. The van der Waals surface area contributed by atoms with Crippen molar-refractivity contribution in [2.75, 3.05) is 37.6 Å². The minimum absolute atomic E-state index is 0. The van der Waals surface area contributed by atoms with E-state index >= 15 is 0 Å². The molecule has 1 aromatic rings. The van der Waals surface area contributed by atoms with E-state index in [0.717, 1.165) is 37.7 Å². The van der Waals surface area contributed by atoms with Crippen molar-refractivity contribution in [1.29, 1.82) is 5.26 Å². The average Bonchev–Trinajstić information content (AvgIpc) is 2.71. The lowest BCUT2D eigenvalue weighted by molar-refractivity contribution is 0.169. The van der Waals surface area contributed by atoms with Crippen LogP contribution in [0.1, 0.15) is 83.3 Å². The van der Waals surface area contributed by atoms with Crippen LogP contribution >= 0.6 is 12.4 Å². The van der Waals surface area contributed by atoms with Gasteiger partial charge in [-0.25, -0.2) is 0 Å². The van der Waals surface area contributed by atoms with E-state index in [-0.39, 0.29) is 12.4 Å². The van der Waals surface area contributed by atoms with Crippen molar-refractivity contribution in [2.45, 2.75) is 72.1 Å². The van der Waals surface area contributed by atoms with Gasteiger partial charge in [-0.15, -0.1) is 12.4 Å². The van der Waals surface area contributed by atoms with Crippen LogP contribution in [0.3, 0.4) is 0 Å². The van der Waals surface area contributed by atoms with E-state index in [0.29, 0.717) is 11.3 Å². The Kier molecular flexibility index (Phi) is 8.86. The van der Waals surface area contributed by atoms with Crippen molar-refractivity contribution >= 4 is 18.1 Å². The minimum atomic E-state index is 0. The van der Waals surface area contributed by atoms with Crippen LogP contribution in [0.15, 0.2) is 18.2 Å². The number of nitriles is 1. The molecule has 0 spiro atoms. The molecule has 3 nitrogen and oxygen atoms in total. The maximum atomic E-state index is 9.82. The lowest BCUT2D eigenvalue weighted by Gasteiger charge is -2.40. The molecule has 1 aliphatic heterocycles. The van der Waals surface area contributed by atoms with E-state index in [4.69, 9.17) is 0 Å². The Morgan fingerprint density at radius 3 is 2.24 bits per heavy atom. The van der Waals surface area contributed by atoms with Gasteiger partial charge in [0.2, 0.25) is 0 Å². The van der Waals surface area contributed by atoms with E-state index in [1.165, 1.54) is 56.3 Å². The van der Waals surface area contributed by atoms with Crippen molar-refractivity contribution < 1.29 is 0 Å². The molecule has 0 radical (unpaired) electrons. The van der Waals surface area contributed by atoms with Crippen LogP contribution in [0.4, 0.5) is 5.69 Å². The number of benzene rings is 1. The van der Waals surface area contributed by atoms with Gasteiger partial charge in [0.25, 0.3) is 0 Å². The van der Waals surface area contributed by atoms with Crippen LogP contribution in [0.25, 0.3) is 0 Å². The van der Waals surface area contributed by atoms with Crippen molar-refractivity contribution in [1.82, 2.24) is 4.90 Å². The van der Waals surface area contributed by atoms with Gasteiger partial charge in [-0.3, -0.25) is 4.90 Å². The zero-order chi connectivity index (χ0) is 20.1. The number of hydrogen-bond donors (Lipinski definition) is 0. The summed E-state index contributed by atoms with van der Waals surface area (Å²) < 4.78 is 0. The standard InChI is InChI=1S/C25H39N3.ClH/c1-5-6-14-27-15-17-28(18-16-27)23-9-7-8-21(19-26)24(23)20-10-12-22(13-11-20)25(2,3)4;/h7-9,20,22H,5-6,10-18H2,1-4H3;1H. The summed E-state index contributed by atoms with van der Waals surface area (Å²) in [5.74, 6) is 1.35. The van der Waals surface area contributed by atoms with Gasteiger partial charge in [-0.2, -0.15) is 5.26 Å². The van der Waals surface area contributed by atoms with Gasteiger partial charge >= 0.3 is 0 Å². The number of halogens is 1. The van der Waals surface area contributed by atoms with Gasteiger partial charge in [0.1, 0.15) is 0 Å². The highest BCUT2D eigenvalue weighted by Crippen LogP contribution is 2.46. The Morgan fingerprint density at radius 2 is 1.69 bits per heavy atom. The molecule has 162 valence electrons. The quantitative estimate of drug-likeness (QED) is 0.569. The summed E-state index contributed by atoms with van der Waals surface area (Å²) in [4.78, 5) is 5.15. The molecule has 1 saturated heterocycles. The zero-order valence-corrected chi connectivity index (χ0v) is 19.7. The second-order valence-electron chi connectivity index (χ2n) is 9.95. The number of nitrogens with zero attached hydrogens (tertiary/aromatic N) is 3. The lowest BCUT2D eigenvalue weighted by Crippen LogP contribution is -2.47. The predicted molar refractivity (Wildman–Crippen MR) is 126 cm³/mol. The summed E-state index contributed by atoms with van der Waals surface area (Å²) in [7, 11) is 0. The molecular formula is C25H40ClN3. The molecule has 0 N–H and O–H groups in total. The summed E-state index contributed by atoms with van der Waals surface area (Å²) >= 11 is 0. The normalized spacial score (nSPS) is 23.3. The van der Waals surface area contributed by atoms with Crippen LogP contribution in [0.2, 0.25) is 0 Å². The SMILES string of the molecule is CCCCN1CCN(c2cccc(C#N)c2C2CCC(C(C)(C)C)CC2)CC1.Cl. The average molecular weight is 418 g/mol. The zero-order valence-electron chi connectivity index (χ0n) is 18.9. The molecule has 2 aliphatic rings. The molecule has 0 unspecified atom stereocenters. The first-order chi connectivity index (χ1) is 13.4.